The Morgan fingerprint density at radius 2 is 1.90 bits per heavy atom. The molecule has 3 heteroatoms. The Bertz CT molecular complexity index is 554. The summed E-state index contributed by atoms with van der Waals surface area (Å²) in [4.78, 5) is 13.1. The molecule has 20 heavy (non-hydrogen) atoms. The summed E-state index contributed by atoms with van der Waals surface area (Å²) < 4.78 is 0. The molecule has 0 aliphatic carbocycles. The Hall–Kier alpha value is -1.74. The molecule has 2 nitrogen and oxygen atoms in total. The molecule has 1 amide bonds. The van der Waals surface area contributed by atoms with Crippen LogP contribution < -0.4 is 5.32 Å². The predicted octanol–water partition coefficient (Wildman–Crippen LogP) is 4.37. The fourth-order valence-corrected chi connectivity index (χ4v) is 2.74. The Morgan fingerprint density at radius 1 is 1.10 bits per heavy atom. The Labute approximate surface area is 124 Å². The van der Waals surface area contributed by atoms with Gasteiger partial charge in [0.25, 0.3) is 0 Å². The van der Waals surface area contributed by atoms with E-state index in [9.17, 15) is 4.79 Å². The van der Waals surface area contributed by atoms with E-state index in [0.717, 1.165) is 17.9 Å². The molecule has 0 fully saturated rings. The van der Waals surface area contributed by atoms with E-state index in [1.54, 1.807) is 11.8 Å². The molecule has 0 saturated heterocycles. The van der Waals surface area contributed by atoms with Crippen molar-refractivity contribution in [2.75, 3.05) is 11.1 Å². The highest BCUT2D eigenvalue weighted by Gasteiger charge is 2.03. The van der Waals surface area contributed by atoms with E-state index in [1.807, 2.05) is 36.4 Å². The minimum Gasteiger partial charge on any atom is -0.326 e. The molecule has 0 spiro atoms. The van der Waals surface area contributed by atoms with Crippen LogP contribution in [0.2, 0.25) is 0 Å². The predicted molar refractivity (Wildman–Crippen MR) is 86.2 cm³/mol. The van der Waals surface area contributed by atoms with Crippen molar-refractivity contribution in [3.05, 3.63) is 60.2 Å². The van der Waals surface area contributed by atoms with E-state index in [1.165, 1.54) is 10.5 Å². The lowest BCUT2D eigenvalue weighted by molar-refractivity contribution is -0.115. The molecule has 1 N–H and O–H groups in total. The van der Waals surface area contributed by atoms with Crippen LogP contribution in [0.25, 0.3) is 0 Å². The van der Waals surface area contributed by atoms with Gasteiger partial charge in [0.05, 0.1) is 0 Å². The van der Waals surface area contributed by atoms with Crippen LogP contribution in [-0.4, -0.2) is 11.7 Å². The third-order valence-corrected chi connectivity index (χ3v) is 3.97. The Balaban J connectivity index is 1.77. The molecule has 104 valence electrons. The summed E-state index contributed by atoms with van der Waals surface area (Å²) in [7, 11) is 0. The molecule has 0 atom stereocenters. The number of rotatable bonds is 6. The first-order valence-electron chi connectivity index (χ1n) is 6.84. The van der Waals surface area contributed by atoms with Crippen molar-refractivity contribution in [2.45, 2.75) is 24.7 Å². The molecule has 0 aliphatic heterocycles. The number of hydrogen-bond acceptors (Lipinski definition) is 2. The lowest BCUT2D eigenvalue weighted by Crippen LogP contribution is -2.12. The van der Waals surface area contributed by atoms with Crippen molar-refractivity contribution in [3.8, 4) is 0 Å². The fourth-order valence-electron chi connectivity index (χ4n) is 1.87. The monoisotopic (exact) mass is 285 g/mol. The summed E-state index contributed by atoms with van der Waals surface area (Å²) in [6.07, 6.45) is 1.50. The summed E-state index contributed by atoms with van der Waals surface area (Å²) in [5.41, 5.74) is 2.13. The average molecular weight is 285 g/mol. The highest BCUT2D eigenvalue weighted by molar-refractivity contribution is 7.99. The number of carbonyl (C=O) groups is 1. The van der Waals surface area contributed by atoms with E-state index in [2.05, 4.69) is 30.4 Å². The van der Waals surface area contributed by atoms with Gasteiger partial charge in [0.15, 0.2) is 0 Å². The van der Waals surface area contributed by atoms with Gasteiger partial charge in [0, 0.05) is 22.8 Å². The highest BCUT2D eigenvalue weighted by Crippen LogP contribution is 2.18. The maximum Gasteiger partial charge on any atom is 0.225 e. The number of amides is 1. The molecule has 2 aromatic carbocycles. The van der Waals surface area contributed by atoms with Gasteiger partial charge in [-0.1, -0.05) is 37.3 Å². The zero-order valence-corrected chi connectivity index (χ0v) is 12.5. The van der Waals surface area contributed by atoms with Crippen LogP contribution in [0.3, 0.4) is 0 Å². The number of thioether (sulfide) groups is 1. The van der Waals surface area contributed by atoms with Crippen molar-refractivity contribution in [3.63, 3.8) is 0 Å². The molecule has 0 radical (unpaired) electrons. The van der Waals surface area contributed by atoms with Crippen molar-refractivity contribution in [1.29, 1.82) is 0 Å². The molecule has 0 bridgehead atoms. The molecule has 0 unspecified atom stereocenters. The fraction of sp³-hybridized carbons (Fsp3) is 0.235. The third-order valence-electron chi connectivity index (χ3n) is 2.96. The van der Waals surface area contributed by atoms with Gasteiger partial charge in [0.1, 0.15) is 0 Å². The van der Waals surface area contributed by atoms with Gasteiger partial charge in [-0.2, -0.15) is 0 Å². The smallest absolute Gasteiger partial charge is 0.225 e. The van der Waals surface area contributed by atoms with Gasteiger partial charge in [-0.3, -0.25) is 4.79 Å². The number of aryl methyl sites for hydroxylation is 1. The Kier molecular flexibility index (Phi) is 5.69. The van der Waals surface area contributed by atoms with Gasteiger partial charge in [-0.05, 0) is 36.2 Å². The standard InChI is InChI=1S/C17H19NOS/c1-2-14-7-6-8-15(13-14)18-17(19)11-12-20-16-9-4-3-5-10-16/h3-10,13H,2,11-12H2,1H3,(H,18,19). The van der Waals surface area contributed by atoms with E-state index >= 15 is 0 Å². The van der Waals surface area contributed by atoms with Gasteiger partial charge in [-0.15, -0.1) is 11.8 Å². The minimum atomic E-state index is 0.0710. The van der Waals surface area contributed by atoms with E-state index in [4.69, 9.17) is 0 Å². The second-order valence-electron chi connectivity index (χ2n) is 4.51. The van der Waals surface area contributed by atoms with Crippen LogP contribution in [0.1, 0.15) is 18.9 Å². The summed E-state index contributed by atoms with van der Waals surface area (Å²) in [6.45, 7) is 2.11. The third kappa shape index (κ3) is 4.74. The van der Waals surface area contributed by atoms with Crippen LogP contribution in [0.15, 0.2) is 59.5 Å². The summed E-state index contributed by atoms with van der Waals surface area (Å²) in [5, 5.41) is 2.95. The minimum absolute atomic E-state index is 0.0710. The van der Waals surface area contributed by atoms with Crippen molar-refractivity contribution >= 4 is 23.4 Å². The number of hydrogen-bond donors (Lipinski definition) is 1. The van der Waals surface area contributed by atoms with Gasteiger partial charge < -0.3 is 5.32 Å². The molecule has 2 aromatic rings. The molecule has 0 aliphatic rings. The largest absolute Gasteiger partial charge is 0.326 e. The van der Waals surface area contributed by atoms with E-state index in [0.29, 0.717) is 6.42 Å². The van der Waals surface area contributed by atoms with Crippen LogP contribution in [-0.2, 0) is 11.2 Å². The van der Waals surface area contributed by atoms with E-state index in [-0.39, 0.29) is 5.91 Å². The number of anilines is 1. The molecular weight excluding hydrogens is 266 g/mol. The summed E-state index contributed by atoms with van der Waals surface area (Å²) >= 11 is 1.71. The lowest BCUT2D eigenvalue weighted by Gasteiger charge is -2.06. The maximum atomic E-state index is 11.9. The zero-order chi connectivity index (χ0) is 14.2. The number of benzene rings is 2. The quantitative estimate of drug-likeness (QED) is 0.798. The molecule has 2 rings (SSSR count). The highest BCUT2D eigenvalue weighted by atomic mass is 32.2. The van der Waals surface area contributed by atoms with Crippen molar-refractivity contribution in [2.24, 2.45) is 0 Å². The van der Waals surface area contributed by atoms with Crippen LogP contribution in [0.4, 0.5) is 5.69 Å². The van der Waals surface area contributed by atoms with Gasteiger partial charge in [-0.25, -0.2) is 0 Å². The van der Waals surface area contributed by atoms with Gasteiger partial charge in [0.2, 0.25) is 5.91 Å². The van der Waals surface area contributed by atoms with Crippen molar-refractivity contribution < 1.29 is 4.79 Å². The number of nitrogens with one attached hydrogen (secondary N) is 1. The first kappa shape index (κ1) is 14.7. The van der Waals surface area contributed by atoms with Crippen LogP contribution in [0, 0.1) is 0 Å². The second-order valence-corrected chi connectivity index (χ2v) is 5.68. The topological polar surface area (TPSA) is 29.1 Å². The van der Waals surface area contributed by atoms with Crippen molar-refractivity contribution in [1.82, 2.24) is 0 Å². The SMILES string of the molecule is CCc1cccc(NC(=O)CCSc2ccccc2)c1. The number of carbonyl (C=O) groups excluding carboxylic acids is 1. The molecule has 0 saturated carbocycles. The maximum absolute atomic E-state index is 11.9. The van der Waals surface area contributed by atoms with E-state index < -0.39 is 0 Å². The van der Waals surface area contributed by atoms with Crippen LogP contribution in [0.5, 0.6) is 0 Å². The Morgan fingerprint density at radius 3 is 2.65 bits per heavy atom. The molecular formula is C17H19NOS. The first-order chi connectivity index (χ1) is 9.78. The lowest BCUT2D eigenvalue weighted by atomic mass is 10.1. The molecule has 0 aromatic heterocycles. The average Bonchev–Trinajstić information content (AvgIpc) is 2.48. The summed E-state index contributed by atoms with van der Waals surface area (Å²) in [5.74, 6) is 0.866. The normalized spacial score (nSPS) is 10.2. The molecule has 0 heterocycles. The zero-order valence-electron chi connectivity index (χ0n) is 11.6. The van der Waals surface area contributed by atoms with Crippen LogP contribution >= 0.6 is 11.8 Å². The first-order valence-corrected chi connectivity index (χ1v) is 7.83. The van der Waals surface area contributed by atoms with Gasteiger partial charge >= 0.3 is 0 Å². The second kappa shape index (κ2) is 7.75. The summed E-state index contributed by atoms with van der Waals surface area (Å²) in [6, 6.07) is 18.2.